The van der Waals surface area contributed by atoms with Crippen LogP contribution in [-0.2, 0) is 13.0 Å². The number of amides is 2. The van der Waals surface area contributed by atoms with Gasteiger partial charge in [0.2, 0.25) is 0 Å². The summed E-state index contributed by atoms with van der Waals surface area (Å²) < 4.78 is 0. The molecule has 134 valence electrons. The molecule has 2 heterocycles. The molecule has 1 aliphatic rings. The fourth-order valence-corrected chi connectivity index (χ4v) is 4.14. The summed E-state index contributed by atoms with van der Waals surface area (Å²) in [7, 11) is 0. The number of rotatable bonds is 5. The van der Waals surface area contributed by atoms with Crippen LogP contribution in [-0.4, -0.2) is 29.1 Å². The van der Waals surface area contributed by atoms with Crippen molar-refractivity contribution in [3.63, 3.8) is 0 Å². The van der Waals surface area contributed by atoms with E-state index in [1.165, 1.54) is 15.3 Å². The Kier molecular flexibility index (Phi) is 5.97. The van der Waals surface area contributed by atoms with Gasteiger partial charge in [-0.3, -0.25) is 0 Å². The van der Waals surface area contributed by atoms with E-state index in [4.69, 9.17) is 0 Å². The van der Waals surface area contributed by atoms with Crippen LogP contribution in [0.4, 0.5) is 4.79 Å². The van der Waals surface area contributed by atoms with E-state index in [0.29, 0.717) is 18.2 Å². The summed E-state index contributed by atoms with van der Waals surface area (Å²) in [6, 6.07) is 11.7. The summed E-state index contributed by atoms with van der Waals surface area (Å²) in [6.07, 6.45) is 4.33. The quantitative estimate of drug-likeness (QED) is 0.836. The minimum absolute atomic E-state index is 0.0584. The molecule has 2 aromatic rings. The number of likely N-dealkylation sites (tertiary alicyclic amines) is 1. The lowest BCUT2D eigenvalue weighted by atomic mass is 9.90. The maximum atomic E-state index is 12.3. The number of phenolic OH excluding ortho intramolecular Hbond substituents is 1. The van der Waals surface area contributed by atoms with Crippen LogP contribution in [0.1, 0.15) is 34.6 Å². The van der Waals surface area contributed by atoms with E-state index in [-0.39, 0.29) is 6.03 Å². The highest BCUT2D eigenvalue weighted by atomic mass is 32.1. The van der Waals surface area contributed by atoms with Gasteiger partial charge >= 0.3 is 6.03 Å². The van der Waals surface area contributed by atoms with E-state index in [1.54, 1.807) is 23.5 Å². The zero-order chi connectivity index (χ0) is 17.6. The fraction of sp³-hybridized carbons (Fsp3) is 0.450. The number of aryl methyl sites for hydroxylation is 2. The van der Waals surface area contributed by atoms with Crippen LogP contribution in [0, 0.1) is 12.8 Å². The van der Waals surface area contributed by atoms with Crippen molar-refractivity contribution in [1.82, 2.24) is 10.2 Å². The van der Waals surface area contributed by atoms with Crippen LogP contribution >= 0.6 is 11.3 Å². The Bertz CT molecular complexity index is 688. The number of thiophene rings is 1. The zero-order valence-corrected chi connectivity index (χ0v) is 15.5. The predicted octanol–water partition coefficient (Wildman–Crippen LogP) is 4.32. The summed E-state index contributed by atoms with van der Waals surface area (Å²) in [5, 5.41) is 12.4. The molecule has 1 saturated heterocycles. The molecule has 0 bridgehead atoms. The Balaban J connectivity index is 1.37. The number of nitrogens with one attached hydrogen (secondary N) is 1. The average Bonchev–Trinajstić information content (AvgIpc) is 3.05. The summed E-state index contributed by atoms with van der Waals surface area (Å²) >= 11 is 1.73. The van der Waals surface area contributed by atoms with Gasteiger partial charge in [0.15, 0.2) is 0 Å². The molecule has 0 aliphatic carbocycles. The standard InChI is InChI=1S/C20H26N2O2S/c1-15-2-9-19(25-15)14-21-20(24)22-12-10-17(11-13-22)4-3-16-5-7-18(23)8-6-16/h2,5-9,17,23H,3-4,10-14H2,1H3,(H,21,24). The Labute approximate surface area is 153 Å². The summed E-state index contributed by atoms with van der Waals surface area (Å²) in [6.45, 7) is 4.39. The fourth-order valence-electron chi connectivity index (χ4n) is 3.31. The van der Waals surface area contributed by atoms with Crippen molar-refractivity contribution in [2.24, 2.45) is 5.92 Å². The van der Waals surface area contributed by atoms with Gasteiger partial charge in [-0.1, -0.05) is 12.1 Å². The molecule has 2 N–H and O–H groups in total. The van der Waals surface area contributed by atoms with E-state index in [1.807, 2.05) is 17.0 Å². The first-order valence-corrected chi connectivity index (χ1v) is 9.78. The third kappa shape index (κ3) is 5.23. The van der Waals surface area contributed by atoms with Crippen LogP contribution in [0.25, 0.3) is 0 Å². The average molecular weight is 359 g/mol. The number of carbonyl (C=O) groups is 1. The molecule has 1 aromatic carbocycles. The lowest BCUT2D eigenvalue weighted by molar-refractivity contribution is 0.168. The van der Waals surface area contributed by atoms with Crippen LogP contribution in [0.3, 0.4) is 0 Å². The van der Waals surface area contributed by atoms with E-state index in [9.17, 15) is 9.90 Å². The number of urea groups is 1. The monoisotopic (exact) mass is 358 g/mol. The Morgan fingerprint density at radius 3 is 2.56 bits per heavy atom. The van der Waals surface area contributed by atoms with Gasteiger partial charge in [0.1, 0.15) is 5.75 Å². The number of carbonyl (C=O) groups excluding carboxylic acids is 1. The van der Waals surface area contributed by atoms with Crippen LogP contribution in [0.2, 0.25) is 0 Å². The molecule has 1 aromatic heterocycles. The molecule has 4 nitrogen and oxygen atoms in total. The van der Waals surface area contributed by atoms with Crippen molar-refractivity contribution in [3.8, 4) is 5.75 Å². The van der Waals surface area contributed by atoms with Crippen LogP contribution < -0.4 is 5.32 Å². The maximum absolute atomic E-state index is 12.3. The number of phenols is 1. The SMILES string of the molecule is Cc1ccc(CNC(=O)N2CCC(CCc3ccc(O)cc3)CC2)s1. The maximum Gasteiger partial charge on any atom is 0.317 e. The molecule has 0 radical (unpaired) electrons. The normalized spacial score (nSPS) is 15.3. The van der Waals surface area contributed by atoms with E-state index in [2.05, 4.69) is 24.4 Å². The van der Waals surface area contributed by atoms with Gasteiger partial charge in [-0.2, -0.15) is 0 Å². The highest BCUT2D eigenvalue weighted by Gasteiger charge is 2.22. The smallest absolute Gasteiger partial charge is 0.317 e. The van der Waals surface area contributed by atoms with Gasteiger partial charge in [0.05, 0.1) is 6.54 Å². The third-order valence-corrected chi connectivity index (χ3v) is 5.89. The second-order valence-corrected chi connectivity index (χ2v) is 8.18. The first-order chi connectivity index (χ1) is 12.1. The van der Waals surface area contributed by atoms with Gasteiger partial charge < -0.3 is 15.3 Å². The molecule has 0 saturated carbocycles. The minimum atomic E-state index is 0.0584. The van der Waals surface area contributed by atoms with E-state index < -0.39 is 0 Å². The summed E-state index contributed by atoms with van der Waals surface area (Å²) in [5.41, 5.74) is 1.27. The molecule has 3 rings (SSSR count). The summed E-state index contributed by atoms with van der Waals surface area (Å²) in [4.78, 5) is 16.7. The van der Waals surface area contributed by atoms with Crippen molar-refractivity contribution in [3.05, 3.63) is 51.7 Å². The van der Waals surface area contributed by atoms with Gasteiger partial charge in [0.25, 0.3) is 0 Å². The second kappa shape index (κ2) is 8.39. The number of hydrogen-bond donors (Lipinski definition) is 2. The molecule has 25 heavy (non-hydrogen) atoms. The molecule has 0 spiro atoms. The van der Waals surface area contributed by atoms with Gasteiger partial charge in [0, 0.05) is 22.8 Å². The molecule has 0 unspecified atom stereocenters. The van der Waals surface area contributed by atoms with Crippen LogP contribution in [0.5, 0.6) is 5.75 Å². The Morgan fingerprint density at radius 1 is 1.20 bits per heavy atom. The molecule has 5 heteroatoms. The highest BCUT2D eigenvalue weighted by Crippen LogP contribution is 2.23. The largest absolute Gasteiger partial charge is 0.508 e. The molecule has 0 atom stereocenters. The van der Waals surface area contributed by atoms with Crippen molar-refractivity contribution in [1.29, 1.82) is 0 Å². The lowest BCUT2D eigenvalue weighted by Gasteiger charge is -2.32. The molecule has 1 fully saturated rings. The Hall–Kier alpha value is -2.01. The van der Waals surface area contributed by atoms with Gasteiger partial charge in [-0.05, 0) is 68.4 Å². The number of hydrogen-bond acceptors (Lipinski definition) is 3. The second-order valence-electron chi connectivity index (χ2n) is 6.81. The predicted molar refractivity (Wildman–Crippen MR) is 102 cm³/mol. The number of benzene rings is 1. The van der Waals surface area contributed by atoms with Crippen molar-refractivity contribution in [2.75, 3.05) is 13.1 Å². The van der Waals surface area contributed by atoms with E-state index in [0.717, 1.165) is 38.8 Å². The Morgan fingerprint density at radius 2 is 1.92 bits per heavy atom. The first-order valence-electron chi connectivity index (χ1n) is 8.96. The molecular weight excluding hydrogens is 332 g/mol. The number of piperidine rings is 1. The van der Waals surface area contributed by atoms with Crippen LogP contribution in [0.15, 0.2) is 36.4 Å². The third-order valence-electron chi connectivity index (χ3n) is 4.89. The molecule has 2 amide bonds. The van der Waals surface area contributed by atoms with Crippen molar-refractivity contribution in [2.45, 2.75) is 39.2 Å². The van der Waals surface area contributed by atoms with Crippen molar-refractivity contribution < 1.29 is 9.90 Å². The topological polar surface area (TPSA) is 52.6 Å². The van der Waals surface area contributed by atoms with E-state index >= 15 is 0 Å². The first kappa shape index (κ1) is 17.8. The lowest BCUT2D eigenvalue weighted by Crippen LogP contribution is -2.44. The van der Waals surface area contributed by atoms with Gasteiger partial charge in [-0.15, -0.1) is 11.3 Å². The van der Waals surface area contributed by atoms with Crippen molar-refractivity contribution >= 4 is 17.4 Å². The highest BCUT2D eigenvalue weighted by molar-refractivity contribution is 7.11. The molecular formula is C20H26N2O2S. The molecule has 1 aliphatic heterocycles. The van der Waals surface area contributed by atoms with Gasteiger partial charge in [-0.25, -0.2) is 4.79 Å². The number of nitrogens with zero attached hydrogens (tertiary/aromatic N) is 1. The number of aromatic hydroxyl groups is 1. The zero-order valence-electron chi connectivity index (χ0n) is 14.7. The minimum Gasteiger partial charge on any atom is -0.508 e. The summed E-state index contributed by atoms with van der Waals surface area (Å²) in [5.74, 6) is 0.999.